The first kappa shape index (κ1) is 16.9. The molecule has 7 heteroatoms. The van der Waals surface area contributed by atoms with Gasteiger partial charge in [-0.15, -0.1) is 0 Å². The molecular weight excluding hydrogens is 305 g/mol. The van der Waals surface area contributed by atoms with E-state index in [1.807, 2.05) is 0 Å². The number of halogens is 2. The minimum absolute atomic E-state index is 0.365. The molecule has 0 aliphatic carbocycles. The lowest BCUT2D eigenvalue weighted by Gasteiger charge is -2.27. The second-order valence-corrected chi connectivity index (χ2v) is 5.07. The second-order valence-electron chi connectivity index (χ2n) is 4.25. The lowest BCUT2D eigenvalue weighted by molar-refractivity contribution is -0.120. The fourth-order valence-corrected chi connectivity index (χ4v) is 1.67. The topological polar surface area (TPSA) is 89.8 Å². The summed E-state index contributed by atoms with van der Waals surface area (Å²) in [4.78, 5) is 11.7. The van der Waals surface area contributed by atoms with Crippen molar-refractivity contribution in [1.82, 2.24) is 5.32 Å². The number of nitrogens with one attached hydrogen (secondary N) is 1. The maximum atomic E-state index is 11.7. The van der Waals surface area contributed by atoms with Gasteiger partial charge >= 0.3 is 0 Å². The molecule has 1 amide bonds. The number of carbonyl (C=O) groups excluding carboxylic acids is 1. The predicted molar refractivity (Wildman–Crippen MR) is 77.6 cm³/mol. The van der Waals surface area contributed by atoms with Crippen molar-refractivity contribution in [3.63, 3.8) is 0 Å². The van der Waals surface area contributed by atoms with E-state index in [2.05, 4.69) is 5.32 Å². The molecule has 0 aliphatic rings. The van der Waals surface area contributed by atoms with Crippen LogP contribution in [-0.2, 0) is 4.79 Å². The minimum atomic E-state index is -1.45. The standard InChI is InChI=1S/C13H15Cl2NO4/c14-10-3-1-9(5-11(10)15)2-4-12(20)16-13(6-17,7-18)8-19/h1-5,17-19H,6-8H2,(H,16,20)/b4-2+. The summed E-state index contributed by atoms with van der Waals surface area (Å²) in [6.45, 7) is -1.73. The van der Waals surface area contributed by atoms with Crippen LogP contribution in [-0.4, -0.2) is 46.6 Å². The predicted octanol–water partition coefficient (Wildman–Crippen LogP) is 0.838. The zero-order valence-electron chi connectivity index (χ0n) is 10.5. The first-order valence-electron chi connectivity index (χ1n) is 5.74. The Hall–Kier alpha value is -1.11. The highest BCUT2D eigenvalue weighted by Gasteiger charge is 2.29. The molecule has 0 heterocycles. The number of hydrogen-bond donors (Lipinski definition) is 4. The van der Waals surface area contributed by atoms with Crippen LogP contribution in [0.25, 0.3) is 6.08 Å². The molecule has 0 radical (unpaired) electrons. The number of amides is 1. The Bertz CT molecular complexity index is 493. The Kier molecular flexibility index (Phi) is 6.45. The summed E-state index contributed by atoms with van der Waals surface area (Å²) in [5.74, 6) is -0.562. The normalized spacial score (nSPS) is 11.8. The smallest absolute Gasteiger partial charge is 0.244 e. The van der Waals surface area contributed by atoms with Crippen molar-refractivity contribution in [2.24, 2.45) is 0 Å². The summed E-state index contributed by atoms with van der Waals surface area (Å²) in [6, 6.07) is 4.86. The van der Waals surface area contributed by atoms with Crippen LogP contribution in [0.1, 0.15) is 5.56 Å². The average Bonchev–Trinajstić information content (AvgIpc) is 2.46. The quantitative estimate of drug-likeness (QED) is 0.585. The summed E-state index contributed by atoms with van der Waals surface area (Å²) >= 11 is 11.6. The molecule has 5 nitrogen and oxygen atoms in total. The van der Waals surface area contributed by atoms with Crippen molar-refractivity contribution >= 4 is 35.2 Å². The number of aliphatic hydroxyl groups excluding tert-OH is 3. The van der Waals surface area contributed by atoms with E-state index in [4.69, 9.17) is 38.5 Å². The summed E-state index contributed by atoms with van der Waals surface area (Å²) in [7, 11) is 0. The number of rotatable bonds is 6. The van der Waals surface area contributed by atoms with Crippen molar-refractivity contribution in [2.45, 2.75) is 5.54 Å². The fourth-order valence-electron chi connectivity index (χ4n) is 1.36. The van der Waals surface area contributed by atoms with Crippen LogP contribution in [0.15, 0.2) is 24.3 Å². The Labute approximate surface area is 126 Å². The number of aliphatic hydroxyl groups is 3. The van der Waals surface area contributed by atoms with Crippen molar-refractivity contribution < 1.29 is 20.1 Å². The van der Waals surface area contributed by atoms with Crippen LogP contribution >= 0.6 is 23.2 Å². The van der Waals surface area contributed by atoms with Crippen LogP contribution in [0, 0.1) is 0 Å². The van der Waals surface area contributed by atoms with Gasteiger partial charge in [0.25, 0.3) is 0 Å². The van der Waals surface area contributed by atoms with Gasteiger partial charge in [-0.1, -0.05) is 29.3 Å². The van der Waals surface area contributed by atoms with Crippen molar-refractivity contribution in [3.05, 3.63) is 39.9 Å². The van der Waals surface area contributed by atoms with E-state index in [1.54, 1.807) is 18.2 Å². The number of carbonyl (C=O) groups is 1. The molecule has 0 saturated heterocycles. The highest BCUT2D eigenvalue weighted by Crippen LogP contribution is 2.23. The molecule has 0 saturated carbocycles. The van der Waals surface area contributed by atoms with Gasteiger partial charge in [-0.3, -0.25) is 4.79 Å². The molecule has 1 aromatic carbocycles. The molecule has 0 aliphatic heterocycles. The van der Waals surface area contributed by atoms with Crippen LogP contribution in [0.3, 0.4) is 0 Å². The van der Waals surface area contributed by atoms with E-state index in [0.717, 1.165) is 0 Å². The first-order valence-corrected chi connectivity index (χ1v) is 6.50. The molecule has 0 aromatic heterocycles. The van der Waals surface area contributed by atoms with Gasteiger partial charge < -0.3 is 20.6 Å². The Balaban J connectivity index is 2.74. The zero-order valence-corrected chi connectivity index (χ0v) is 12.0. The van der Waals surface area contributed by atoms with Gasteiger partial charge in [0.2, 0.25) is 5.91 Å². The summed E-state index contributed by atoms with van der Waals surface area (Å²) < 4.78 is 0. The molecule has 20 heavy (non-hydrogen) atoms. The Morgan fingerprint density at radius 2 is 1.75 bits per heavy atom. The molecular formula is C13H15Cl2NO4. The highest BCUT2D eigenvalue weighted by atomic mass is 35.5. The Morgan fingerprint density at radius 3 is 2.25 bits per heavy atom. The first-order chi connectivity index (χ1) is 9.46. The number of benzene rings is 1. The highest BCUT2D eigenvalue weighted by molar-refractivity contribution is 6.42. The van der Waals surface area contributed by atoms with E-state index in [-0.39, 0.29) is 0 Å². The summed E-state index contributed by atoms with van der Waals surface area (Å²) in [5, 5.41) is 30.4. The molecule has 1 aromatic rings. The molecule has 0 atom stereocenters. The molecule has 0 spiro atoms. The molecule has 1 rings (SSSR count). The molecule has 0 fully saturated rings. The van der Waals surface area contributed by atoms with Crippen molar-refractivity contribution in [2.75, 3.05) is 19.8 Å². The molecule has 0 bridgehead atoms. The van der Waals surface area contributed by atoms with Crippen molar-refractivity contribution in [1.29, 1.82) is 0 Å². The van der Waals surface area contributed by atoms with Gasteiger partial charge in [0, 0.05) is 6.08 Å². The van der Waals surface area contributed by atoms with E-state index in [9.17, 15) is 4.79 Å². The third-order valence-corrected chi connectivity index (χ3v) is 3.41. The zero-order chi connectivity index (χ0) is 15.2. The van der Waals surface area contributed by atoms with Gasteiger partial charge in [-0.25, -0.2) is 0 Å². The Morgan fingerprint density at radius 1 is 1.15 bits per heavy atom. The molecule has 0 unspecified atom stereocenters. The lowest BCUT2D eigenvalue weighted by atomic mass is 10.0. The summed E-state index contributed by atoms with van der Waals surface area (Å²) in [5.41, 5.74) is -0.781. The van der Waals surface area contributed by atoms with Gasteiger partial charge in [-0.05, 0) is 23.8 Å². The SMILES string of the molecule is O=C(/C=C/c1ccc(Cl)c(Cl)c1)NC(CO)(CO)CO. The second kappa shape index (κ2) is 7.61. The fraction of sp³-hybridized carbons (Fsp3) is 0.308. The van der Waals surface area contributed by atoms with Crippen LogP contribution < -0.4 is 5.32 Å². The average molecular weight is 320 g/mol. The largest absolute Gasteiger partial charge is 0.394 e. The van der Waals surface area contributed by atoms with E-state index in [0.29, 0.717) is 15.6 Å². The van der Waals surface area contributed by atoms with E-state index in [1.165, 1.54) is 12.2 Å². The minimum Gasteiger partial charge on any atom is -0.394 e. The van der Waals surface area contributed by atoms with Crippen LogP contribution in [0.5, 0.6) is 0 Å². The van der Waals surface area contributed by atoms with Gasteiger partial charge in [0.15, 0.2) is 0 Å². The van der Waals surface area contributed by atoms with Gasteiger partial charge in [0.05, 0.1) is 29.9 Å². The molecule has 4 N–H and O–H groups in total. The van der Waals surface area contributed by atoms with Crippen molar-refractivity contribution in [3.8, 4) is 0 Å². The monoisotopic (exact) mass is 319 g/mol. The molecule has 110 valence electrons. The van der Waals surface area contributed by atoms with Crippen LogP contribution in [0.2, 0.25) is 10.0 Å². The third kappa shape index (κ3) is 4.47. The van der Waals surface area contributed by atoms with Gasteiger partial charge in [0.1, 0.15) is 5.54 Å². The van der Waals surface area contributed by atoms with Gasteiger partial charge in [-0.2, -0.15) is 0 Å². The maximum absolute atomic E-state index is 11.7. The van der Waals surface area contributed by atoms with E-state index >= 15 is 0 Å². The maximum Gasteiger partial charge on any atom is 0.244 e. The third-order valence-electron chi connectivity index (χ3n) is 2.67. The van der Waals surface area contributed by atoms with Crippen LogP contribution in [0.4, 0.5) is 0 Å². The number of hydrogen-bond acceptors (Lipinski definition) is 4. The lowest BCUT2D eigenvalue weighted by Crippen LogP contribution is -2.56. The van der Waals surface area contributed by atoms with E-state index < -0.39 is 31.3 Å². The summed E-state index contributed by atoms with van der Waals surface area (Å²) in [6.07, 6.45) is 2.70.